The number of carboxylic acid groups (broad SMARTS) is 1. The summed E-state index contributed by atoms with van der Waals surface area (Å²) in [5.74, 6) is 0.730. The molecule has 1 N–H and O–H groups in total. The summed E-state index contributed by atoms with van der Waals surface area (Å²) in [5, 5.41) is 8.51. The summed E-state index contributed by atoms with van der Waals surface area (Å²) in [4.78, 5) is 14.5. The largest absolute Gasteiger partial charge is 0.481 e. The molecule has 0 aliphatic carbocycles. The highest BCUT2D eigenvalue weighted by molar-refractivity contribution is 5.66. The molecule has 1 unspecified atom stereocenters. The Kier molecular flexibility index (Phi) is 3.01. The predicted octanol–water partition coefficient (Wildman–Crippen LogP) is 1.20. The van der Waals surface area contributed by atoms with Crippen molar-refractivity contribution in [1.82, 2.24) is 4.98 Å². The van der Waals surface area contributed by atoms with Gasteiger partial charge in [-0.25, -0.2) is 4.98 Å². The van der Waals surface area contributed by atoms with Gasteiger partial charge >= 0.3 is 5.97 Å². The van der Waals surface area contributed by atoms with Crippen LogP contribution in [0.15, 0.2) is 10.6 Å². The first kappa shape index (κ1) is 10.2. The number of hydrogen-bond donors (Lipinski definition) is 1. The van der Waals surface area contributed by atoms with Crippen molar-refractivity contribution in [2.75, 3.05) is 13.2 Å². The molecule has 0 spiro atoms. The first-order valence-corrected chi connectivity index (χ1v) is 5.00. The van der Waals surface area contributed by atoms with Gasteiger partial charge in [0.25, 0.3) is 0 Å². The quantitative estimate of drug-likeness (QED) is 0.810. The molecule has 0 bridgehead atoms. The van der Waals surface area contributed by atoms with E-state index in [1.165, 1.54) is 0 Å². The van der Waals surface area contributed by atoms with E-state index < -0.39 is 5.97 Å². The number of ether oxygens (including phenoxy) is 1. The summed E-state index contributed by atoms with van der Waals surface area (Å²) in [6.07, 6.45) is 3.02. The van der Waals surface area contributed by atoms with Crippen molar-refractivity contribution in [2.24, 2.45) is 0 Å². The minimum absolute atomic E-state index is 0.0792. The molecule has 1 fully saturated rings. The van der Waals surface area contributed by atoms with Crippen molar-refractivity contribution in [3.05, 3.63) is 17.8 Å². The molecule has 1 aliphatic rings. The number of aromatic nitrogens is 1. The zero-order valence-electron chi connectivity index (χ0n) is 8.31. The molecule has 1 aromatic rings. The molecule has 5 heteroatoms. The monoisotopic (exact) mass is 211 g/mol. The van der Waals surface area contributed by atoms with E-state index in [-0.39, 0.29) is 12.3 Å². The molecular weight excluding hydrogens is 198 g/mol. The summed E-state index contributed by atoms with van der Waals surface area (Å²) in [5.41, 5.74) is 0. The fourth-order valence-corrected chi connectivity index (χ4v) is 1.59. The molecule has 82 valence electrons. The van der Waals surface area contributed by atoms with Gasteiger partial charge in [-0.1, -0.05) is 0 Å². The molecule has 5 nitrogen and oxygen atoms in total. The smallest absolute Gasteiger partial charge is 0.303 e. The van der Waals surface area contributed by atoms with Gasteiger partial charge in [0.05, 0.1) is 25.1 Å². The van der Waals surface area contributed by atoms with E-state index in [0.717, 1.165) is 13.0 Å². The van der Waals surface area contributed by atoms with E-state index in [9.17, 15) is 4.79 Å². The van der Waals surface area contributed by atoms with Gasteiger partial charge in [-0.15, -0.1) is 0 Å². The van der Waals surface area contributed by atoms with Gasteiger partial charge in [-0.05, 0) is 6.42 Å². The van der Waals surface area contributed by atoms with Crippen LogP contribution in [0, 0.1) is 0 Å². The number of nitrogens with zero attached hydrogens (tertiary/aromatic N) is 1. The van der Waals surface area contributed by atoms with Crippen molar-refractivity contribution in [2.45, 2.75) is 25.2 Å². The molecule has 2 rings (SSSR count). The van der Waals surface area contributed by atoms with E-state index >= 15 is 0 Å². The van der Waals surface area contributed by atoms with Gasteiger partial charge in [0, 0.05) is 13.0 Å². The summed E-state index contributed by atoms with van der Waals surface area (Å²) in [6.45, 7) is 1.40. The third kappa shape index (κ3) is 2.56. The molecule has 0 aromatic carbocycles. The Morgan fingerprint density at radius 2 is 2.53 bits per heavy atom. The number of aryl methyl sites for hydroxylation is 1. The van der Waals surface area contributed by atoms with Gasteiger partial charge in [0.2, 0.25) is 0 Å². The highest BCUT2D eigenvalue weighted by atomic mass is 16.5. The number of carbonyl (C=O) groups is 1. The molecule has 2 heterocycles. The van der Waals surface area contributed by atoms with Crippen LogP contribution in [0.25, 0.3) is 0 Å². The van der Waals surface area contributed by atoms with Crippen LogP contribution in [-0.2, 0) is 16.0 Å². The Balaban J connectivity index is 1.94. The maximum atomic E-state index is 10.4. The maximum Gasteiger partial charge on any atom is 0.303 e. The lowest BCUT2D eigenvalue weighted by molar-refractivity contribution is -0.137. The lowest BCUT2D eigenvalue weighted by atomic mass is 10.1. The van der Waals surface area contributed by atoms with Crippen LogP contribution in [0.4, 0.5) is 0 Å². The van der Waals surface area contributed by atoms with Crippen molar-refractivity contribution in [3.8, 4) is 0 Å². The minimum atomic E-state index is -0.822. The number of rotatable bonds is 4. The second-order valence-corrected chi connectivity index (χ2v) is 3.62. The molecular formula is C10H13NO4. The third-order valence-electron chi connectivity index (χ3n) is 2.44. The molecule has 1 saturated heterocycles. The number of hydrogen-bond acceptors (Lipinski definition) is 4. The number of carboxylic acids is 1. The van der Waals surface area contributed by atoms with Gasteiger partial charge in [-0.2, -0.15) is 0 Å². The second kappa shape index (κ2) is 4.44. The van der Waals surface area contributed by atoms with E-state index in [4.69, 9.17) is 14.3 Å². The van der Waals surface area contributed by atoms with Crippen molar-refractivity contribution < 1.29 is 19.1 Å². The fraction of sp³-hybridized carbons (Fsp3) is 0.600. The normalized spacial score (nSPS) is 20.7. The highest BCUT2D eigenvalue weighted by Crippen LogP contribution is 2.24. The summed E-state index contributed by atoms with van der Waals surface area (Å²) in [6, 6.07) is 0. The zero-order valence-corrected chi connectivity index (χ0v) is 8.31. The summed E-state index contributed by atoms with van der Waals surface area (Å²) < 4.78 is 10.7. The van der Waals surface area contributed by atoms with E-state index in [2.05, 4.69) is 4.98 Å². The Labute approximate surface area is 87.1 Å². The van der Waals surface area contributed by atoms with Gasteiger partial charge in [0.15, 0.2) is 5.89 Å². The second-order valence-electron chi connectivity index (χ2n) is 3.62. The molecule has 1 aromatic heterocycles. The van der Waals surface area contributed by atoms with Crippen LogP contribution in [-0.4, -0.2) is 29.3 Å². The standard InChI is InChI=1S/C10H13NO4/c12-9(13)2-1-8-5-11-10(15-8)7-3-4-14-6-7/h5,7H,1-4,6H2,(H,12,13). The number of aliphatic carboxylic acids is 1. The van der Waals surface area contributed by atoms with Crippen molar-refractivity contribution >= 4 is 5.97 Å². The summed E-state index contributed by atoms with van der Waals surface area (Å²) >= 11 is 0. The molecule has 0 radical (unpaired) electrons. The molecule has 1 atom stereocenters. The molecule has 0 saturated carbocycles. The van der Waals surface area contributed by atoms with Crippen molar-refractivity contribution in [3.63, 3.8) is 0 Å². The zero-order chi connectivity index (χ0) is 10.7. The predicted molar refractivity (Wildman–Crippen MR) is 50.6 cm³/mol. The van der Waals surface area contributed by atoms with Crippen LogP contribution in [0.3, 0.4) is 0 Å². The maximum absolute atomic E-state index is 10.4. The van der Waals surface area contributed by atoms with Crippen LogP contribution in [0.1, 0.15) is 30.4 Å². The highest BCUT2D eigenvalue weighted by Gasteiger charge is 2.22. The summed E-state index contributed by atoms with van der Waals surface area (Å²) in [7, 11) is 0. The van der Waals surface area contributed by atoms with Crippen LogP contribution >= 0.6 is 0 Å². The van der Waals surface area contributed by atoms with Crippen molar-refractivity contribution in [1.29, 1.82) is 0 Å². The Bertz CT molecular complexity index is 341. The average Bonchev–Trinajstić information content (AvgIpc) is 2.85. The van der Waals surface area contributed by atoms with Gasteiger partial charge in [-0.3, -0.25) is 4.79 Å². The van der Waals surface area contributed by atoms with Crippen LogP contribution in [0.2, 0.25) is 0 Å². The van der Waals surface area contributed by atoms with Crippen LogP contribution in [0.5, 0.6) is 0 Å². The van der Waals surface area contributed by atoms with E-state index in [0.29, 0.717) is 24.7 Å². The van der Waals surface area contributed by atoms with E-state index in [1.54, 1.807) is 6.20 Å². The fourth-order valence-electron chi connectivity index (χ4n) is 1.59. The topological polar surface area (TPSA) is 72.6 Å². The first-order chi connectivity index (χ1) is 7.25. The Morgan fingerprint density at radius 3 is 3.20 bits per heavy atom. The van der Waals surface area contributed by atoms with E-state index in [1.807, 2.05) is 0 Å². The Hall–Kier alpha value is -1.36. The minimum Gasteiger partial charge on any atom is -0.481 e. The molecule has 1 aliphatic heterocycles. The first-order valence-electron chi connectivity index (χ1n) is 5.00. The van der Waals surface area contributed by atoms with Gasteiger partial charge < -0.3 is 14.3 Å². The number of oxazole rings is 1. The Morgan fingerprint density at radius 1 is 1.67 bits per heavy atom. The lowest BCUT2D eigenvalue weighted by Crippen LogP contribution is -1.97. The molecule has 15 heavy (non-hydrogen) atoms. The van der Waals surface area contributed by atoms with Gasteiger partial charge in [0.1, 0.15) is 5.76 Å². The average molecular weight is 211 g/mol. The van der Waals surface area contributed by atoms with Crippen LogP contribution < -0.4 is 0 Å². The third-order valence-corrected chi connectivity index (χ3v) is 2.44. The SMILES string of the molecule is O=C(O)CCc1cnc(C2CCOC2)o1. The lowest BCUT2D eigenvalue weighted by Gasteiger charge is -1.99. The molecule has 0 amide bonds.